The van der Waals surface area contributed by atoms with Gasteiger partial charge >= 0.3 is 15.5 Å². The lowest BCUT2D eigenvalue weighted by atomic mass is 10.0. The standard InChI is InChI=1S/C27H22ClF3N2O2S/c28-23-14-12-22-13-16-24(32-26(22)18-23)15-11-20-6-3-5-19(17-20)7-4-9-21-8-1-2-10-25(21)33-36(34,35)27(29,30)31/h1-8,10,12-14,16-18,33H,9,11,15H2/b7-4-. The molecule has 9 heteroatoms. The first-order valence-corrected chi connectivity index (χ1v) is 12.9. The summed E-state index contributed by atoms with van der Waals surface area (Å²) < 4.78 is 62.8. The summed E-state index contributed by atoms with van der Waals surface area (Å²) in [6.45, 7) is 0. The van der Waals surface area contributed by atoms with E-state index in [0.717, 1.165) is 40.6 Å². The van der Waals surface area contributed by atoms with Crippen molar-refractivity contribution in [2.24, 2.45) is 0 Å². The quantitative estimate of drug-likeness (QED) is 0.262. The van der Waals surface area contributed by atoms with E-state index >= 15 is 0 Å². The molecule has 0 unspecified atom stereocenters. The Morgan fingerprint density at radius 3 is 2.50 bits per heavy atom. The van der Waals surface area contributed by atoms with Crippen molar-refractivity contribution in [1.29, 1.82) is 0 Å². The van der Waals surface area contributed by atoms with Crippen LogP contribution in [0.5, 0.6) is 0 Å². The van der Waals surface area contributed by atoms with Crippen LogP contribution in [-0.4, -0.2) is 18.9 Å². The molecule has 36 heavy (non-hydrogen) atoms. The normalized spacial score (nSPS) is 12.3. The average molecular weight is 531 g/mol. The van der Waals surface area contributed by atoms with Gasteiger partial charge in [0.1, 0.15) is 0 Å². The highest BCUT2D eigenvalue weighted by Gasteiger charge is 2.46. The average Bonchev–Trinajstić information content (AvgIpc) is 2.83. The summed E-state index contributed by atoms with van der Waals surface area (Å²) in [5.74, 6) is 0. The molecule has 0 atom stereocenters. The summed E-state index contributed by atoms with van der Waals surface area (Å²) in [6.07, 6.45) is 5.43. The van der Waals surface area contributed by atoms with Crippen molar-refractivity contribution < 1.29 is 21.6 Å². The lowest BCUT2D eigenvalue weighted by molar-refractivity contribution is -0.0429. The second-order valence-electron chi connectivity index (χ2n) is 8.20. The lowest BCUT2D eigenvalue weighted by Gasteiger charge is -2.13. The van der Waals surface area contributed by atoms with E-state index in [2.05, 4.69) is 4.98 Å². The number of alkyl halides is 3. The molecule has 1 heterocycles. The Balaban J connectivity index is 1.41. The van der Waals surface area contributed by atoms with Crippen molar-refractivity contribution in [2.75, 3.05) is 4.72 Å². The van der Waals surface area contributed by atoms with Gasteiger partial charge in [-0.3, -0.25) is 9.71 Å². The third-order valence-electron chi connectivity index (χ3n) is 5.55. The Hall–Kier alpha value is -3.36. The number of fused-ring (bicyclic) bond motifs is 1. The molecule has 1 N–H and O–H groups in total. The molecule has 0 aliphatic carbocycles. The summed E-state index contributed by atoms with van der Waals surface area (Å²) >= 11 is 6.08. The fourth-order valence-electron chi connectivity index (χ4n) is 3.72. The Bertz CT molecular complexity index is 1520. The number of sulfonamides is 1. The molecule has 0 bridgehead atoms. The van der Waals surface area contributed by atoms with Gasteiger partial charge in [0.2, 0.25) is 0 Å². The fourth-order valence-corrected chi connectivity index (χ4v) is 4.49. The molecule has 4 nitrogen and oxygen atoms in total. The third kappa shape index (κ3) is 6.44. The largest absolute Gasteiger partial charge is 0.516 e. The van der Waals surface area contributed by atoms with Crippen LogP contribution >= 0.6 is 11.6 Å². The highest BCUT2D eigenvalue weighted by atomic mass is 35.5. The van der Waals surface area contributed by atoms with Crippen molar-refractivity contribution >= 4 is 44.3 Å². The first-order valence-electron chi connectivity index (χ1n) is 11.1. The van der Waals surface area contributed by atoms with E-state index in [1.165, 1.54) is 12.1 Å². The minimum Gasteiger partial charge on any atom is -0.276 e. The number of nitrogens with zero attached hydrogens (tertiary/aromatic N) is 1. The van der Waals surface area contributed by atoms with Gasteiger partial charge in [0.25, 0.3) is 0 Å². The minimum absolute atomic E-state index is 0.0996. The molecule has 0 radical (unpaired) electrons. The van der Waals surface area contributed by atoms with Gasteiger partial charge in [-0.25, -0.2) is 0 Å². The number of aryl methyl sites for hydroxylation is 2. The molecule has 0 aliphatic heterocycles. The van der Waals surface area contributed by atoms with Crippen LogP contribution in [0.4, 0.5) is 18.9 Å². The van der Waals surface area contributed by atoms with Crippen molar-refractivity contribution in [3.63, 3.8) is 0 Å². The predicted octanol–water partition coefficient (Wildman–Crippen LogP) is 7.19. The van der Waals surface area contributed by atoms with Crippen molar-refractivity contribution in [1.82, 2.24) is 4.98 Å². The molecular formula is C27H22ClF3N2O2S. The maximum absolute atomic E-state index is 12.7. The van der Waals surface area contributed by atoms with Crippen LogP contribution in [0, 0.1) is 0 Å². The molecule has 186 valence electrons. The SMILES string of the molecule is O=S(=O)(Nc1ccccc1C/C=C\c1cccc(CCc2ccc3ccc(Cl)cc3n2)c1)C(F)(F)F. The number of benzene rings is 3. The van der Waals surface area contributed by atoms with Crippen molar-refractivity contribution in [3.8, 4) is 0 Å². The number of rotatable bonds is 8. The van der Waals surface area contributed by atoms with Crippen LogP contribution in [0.3, 0.4) is 0 Å². The van der Waals surface area contributed by atoms with E-state index in [0.29, 0.717) is 10.6 Å². The number of allylic oxidation sites excluding steroid dienone is 1. The van der Waals surface area contributed by atoms with E-state index in [4.69, 9.17) is 11.6 Å². The van der Waals surface area contributed by atoms with E-state index in [-0.39, 0.29) is 12.1 Å². The van der Waals surface area contributed by atoms with Gasteiger partial charge in [0.15, 0.2) is 0 Å². The number of nitrogens with one attached hydrogen (secondary N) is 1. The lowest BCUT2D eigenvalue weighted by Crippen LogP contribution is -2.30. The topological polar surface area (TPSA) is 59.1 Å². The zero-order valence-corrected chi connectivity index (χ0v) is 20.5. The molecule has 0 saturated heterocycles. The highest BCUT2D eigenvalue weighted by molar-refractivity contribution is 7.93. The zero-order chi connectivity index (χ0) is 25.8. The van der Waals surface area contributed by atoms with Gasteiger partial charge < -0.3 is 0 Å². The van der Waals surface area contributed by atoms with Crippen LogP contribution in [0.1, 0.15) is 22.4 Å². The molecular weight excluding hydrogens is 509 g/mol. The number of anilines is 1. The smallest absolute Gasteiger partial charge is 0.276 e. The number of pyridine rings is 1. The van der Waals surface area contributed by atoms with Gasteiger partial charge in [-0.2, -0.15) is 21.6 Å². The summed E-state index contributed by atoms with van der Waals surface area (Å²) in [4.78, 5) is 4.69. The first kappa shape index (κ1) is 25.7. The fraction of sp³-hybridized carbons (Fsp3) is 0.148. The zero-order valence-electron chi connectivity index (χ0n) is 19.0. The monoisotopic (exact) mass is 530 g/mol. The Morgan fingerprint density at radius 2 is 1.69 bits per heavy atom. The molecule has 0 amide bonds. The van der Waals surface area contributed by atoms with E-state index in [9.17, 15) is 21.6 Å². The molecule has 3 aromatic carbocycles. The van der Waals surface area contributed by atoms with E-state index in [1.54, 1.807) is 22.9 Å². The number of aromatic nitrogens is 1. The van der Waals surface area contributed by atoms with Gasteiger partial charge in [0, 0.05) is 16.1 Å². The Kier molecular flexibility index (Phi) is 7.66. The molecule has 0 aliphatic rings. The van der Waals surface area contributed by atoms with Crippen LogP contribution in [0.2, 0.25) is 5.02 Å². The third-order valence-corrected chi connectivity index (χ3v) is 6.88. The van der Waals surface area contributed by atoms with Gasteiger partial charge in [0.05, 0.1) is 11.2 Å². The molecule has 4 aromatic rings. The molecule has 0 saturated carbocycles. The van der Waals surface area contributed by atoms with Crippen molar-refractivity contribution in [3.05, 3.63) is 112 Å². The number of hydrogen-bond donors (Lipinski definition) is 1. The molecule has 0 fully saturated rings. The number of halogens is 4. The summed E-state index contributed by atoms with van der Waals surface area (Å²) in [6, 6.07) is 23.6. The van der Waals surface area contributed by atoms with E-state index < -0.39 is 15.5 Å². The van der Waals surface area contributed by atoms with Crippen molar-refractivity contribution in [2.45, 2.75) is 24.8 Å². The maximum atomic E-state index is 12.7. The summed E-state index contributed by atoms with van der Waals surface area (Å²) in [5.41, 5.74) is -1.19. The molecule has 4 rings (SSSR count). The second kappa shape index (κ2) is 10.7. The molecule has 0 spiro atoms. The predicted molar refractivity (Wildman–Crippen MR) is 138 cm³/mol. The van der Waals surface area contributed by atoms with E-state index in [1.807, 2.05) is 60.7 Å². The van der Waals surface area contributed by atoms with Crippen LogP contribution in [0.15, 0.2) is 84.9 Å². The van der Waals surface area contributed by atoms with Crippen LogP contribution < -0.4 is 4.72 Å². The van der Waals surface area contributed by atoms with Crippen LogP contribution in [-0.2, 0) is 29.3 Å². The number of para-hydroxylation sites is 1. The molecule has 1 aromatic heterocycles. The summed E-state index contributed by atoms with van der Waals surface area (Å²) in [5, 5.41) is 1.68. The number of hydrogen-bond acceptors (Lipinski definition) is 3. The van der Waals surface area contributed by atoms with Crippen LogP contribution in [0.25, 0.3) is 17.0 Å². The Morgan fingerprint density at radius 1 is 0.917 bits per heavy atom. The first-order chi connectivity index (χ1) is 17.1. The van der Waals surface area contributed by atoms with Gasteiger partial charge in [-0.15, -0.1) is 0 Å². The maximum Gasteiger partial charge on any atom is 0.516 e. The highest BCUT2D eigenvalue weighted by Crippen LogP contribution is 2.27. The summed E-state index contributed by atoms with van der Waals surface area (Å²) in [7, 11) is -5.49. The van der Waals surface area contributed by atoms with Gasteiger partial charge in [-0.05, 0) is 60.2 Å². The second-order valence-corrected chi connectivity index (χ2v) is 10.3. The minimum atomic E-state index is -5.49. The van der Waals surface area contributed by atoms with Gasteiger partial charge in [-0.1, -0.05) is 78.4 Å². The Labute approximate surface area is 212 Å².